The number of phenols is 1. The maximum atomic E-state index is 14.1. The SMILES string of the molecule is Cc1cc(Nc2cccc(O)c2)cnc1C/N=N/c1ncc(F)c(N2CCOCC2)n1. The highest BCUT2D eigenvalue weighted by Gasteiger charge is 2.17. The van der Waals surface area contributed by atoms with E-state index in [-0.39, 0.29) is 24.1 Å². The first-order valence-corrected chi connectivity index (χ1v) is 9.83. The third-order valence-electron chi connectivity index (χ3n) is 4.73. The zero-order valence-corrected chi connectivity index (χ0v) is 17.0. The molecule has 1 fully saturated rings. The number of aromatic hydroxyl groups is 1. The Bertz CT molecular complexity index is 1090. The van der Waals surface area contributed by atoms with E-state index < -0.39 is 5.82 Å². The summed E-state index contributed by atoms with van der Waals surface area (Å²) in [6.45, 7) is 4.36. The molecule has 0 saturated carbocycles. The minimum atomic E-state index is -0.492. The van der Waals surface area contributed by atoms with Crippen molar-refractivity contribution in [1.82, 2.24) is 15.0 Å². The second-order valence-corrected chi connectivity index (χ2v) is 7.00. The Morgan fingerprint density at radius 3 is 2.77 bits per heavy atom. The van der Waals surface area contributed by atoms with Crippen molar-refractivity contribution < 1.29 is 14.2 Å². The van der Waals surface area contributed by atoms with E-state index >= 15 is 0 Å². The van der Waals surface area contributed by atoms with Crippen molar-refractivity contribution in [3.63, 3.8) is 0 Å². The van der Waals surface area contributed by atoms with Gasteiger partial charge in [-0.3, -0.25) is 4.98 Å². The van der Waals surface area contributed by atoms with Gasteiger partial charge in [-0.1, -0.05) is 6.07 Å². The molecule has 1 saturated heterocycles. The van der Waals surface area contributed by atoms with E-state index in [2.05, 4.69) is 30.5 Å². The van der Waals surface area contributed by atoms with E-state index in [9.17, 15) is 9.50 Å². The number of aryl methyl sites for hydroxylation is 1. The molecule has 1 aromatic carbocycles. The maximum Gasteiger partial charge on any atom is 0.270 e. The third-order valence-corrected chi connectivity index (χ3v) is 4.73. The van der Waals surface area contributed by atoms with Crippen LogP contribution >= 0.6 is 0 Å². The smallest absolute Gasteiger partial charge is 0.270 e. The molecule has 0 atom stereocenters. The van der Waals surface area contributed by atoms with Crippen LogP contribution in [0.1, 0.15) is 11.3 Å². The van der Waals surface area contributed by atoms with Crippen molar-refractivity contribution >= 4 is 23.1 Å². The average molecular weight is 423 g/mol. The van der Waals surface area contributed by atoms with E-state index in [1.54, 1.807) is 24.4 Å². The molecule has 1 aliphatic heterocycles. The zero-order valence-electron chi connectivity index (χ0n) is 17.0. The topological polar surface area (TPSA) is 108 Å². The van der Waals surface area contributed by atoms with Gasteiger partial charge in [0.05, 0.1) is 37.0 Å². The van der Waals surface area contributed by atoms with Crippen LogP contribution in [0.5, 0.6) is 5.75 Å². The summed E-state index contributed by atoms with van der Waals surface area (Å²) in [5, 5.41) is 20.9. The number of halogens is 1. The van der Waals surface area contributed by atoms with Crippen LogP contribution in [0.25, 0.3) is 0 Å². The number of nitrogens with zero attached hydrogens (tertiary/aromatic N) is 6. The van der Waals surface area contributed by atoms with E-state index in [1.165, 1.54) is 0 Å². The number of aromatic nitrogens is 3. The summed E-state index contributed by atoms with van der Waals surface area (Å²) in [7, 11) is 0. The van der Waals surface area contributed by atoms with Crippen LogP contribution in [-0.4, -0.2) is 46.4 Å². The van der Waals surface area contributed by atoms with Crippen LogP contribution in [0.2, 0.25) is 0 Å². The van der Waals surface area contributed by atoms with Crippen LogP contribution in [0.15, 0.2) is 53.0 Å². The number of hydrogen-bond donors (Lipinski definition) is 2. The fourth-order valence-electron chi connectivity index (χ4n) is 3.15. The molecule has 0 radical (unpaired) electrons. The Morgan fingerprint density at radius 2 is 2.00 bits per heavy atom. The number of nitrogens with one attached hydrogen (secondary N) is 1. The Hall–Kier alpha value is -3.66. The average Bonchev–Trinajstić information content (AvgIpc) is 2.77. The summed E-state index contributed by atoms with van der Waals surface area (Å²) in [6, 6.07) is 8.79. The molecule has 10 heteroatoms. The number of morpholine rings is 1. The first kappa shape index (κ1) is 20.6. The van der Waals surface area contributed by atoms with Crippen molar-refractivity contribution in [2.24, 2.45) is 10.2 Å². The van der Waals surface area contributed by atoms with Gasteiger partial charge in [0.25, 0.3) is 5.95 Å². The van der Waals surface area contributed by atoms with Gasteiger partial charge in [-0.25, -0.2) is 9.37 Å². The first-order valence-electron chi connectivity index (χ1n) is 9.83. The number of phenolic OH excluding ortho intramolecular Hbond substituents is 1. The molecule has 9 nitrogen and oxygen atoms in total. The molecule has 2 N–H and O–H groups in total. The van der Waals surface area contributed by atoms with Crippen LogP contribution < -0.4 is 10.2 Å². The Labute approximate surface area is 178 Å². The van der Waals surface area contributed by atoms with Gasteiger partial charge in [-0.05, 0) is 30.7 Å². The molecule has 1 aliphatic rings. The third kappa shape index (κ3) is 5.28. The lowest BCUT2D eigenvalue weighted by molar-refractivity contribution is 0.122. The van der Waals surface area contributed by atoms with Crippen molar-refractivity contribution in [3.05, 3.63) is 59.8 Å². The van der Waals surface area contributed by atoms with Gasteiger partial charge in [-0.15, -0.1) is 5.11 Å². The molecule has 0 unspecified atom stereocenters. The molecule has 0 aliphatic carbocycles. The van der Waals surface area contributed by atoms with Crippen molar-refractivity contribution in [2.45, 2.75) is 13.5 Å². The minimum absolute atomic E-state index is 0.0997. The van der Waals surface area contributed by atoms with Crippen LogP contribution in [0.3, 0.4) is 0 Å². The highest BCUT2D eigenvalue weighted by atomic mass is 19.1. The number of ether oxygens (including phenoxy) is 1. The van der Waals surface area contributed by atoms with E-state index in [4.69, 9.17) is 4.74 Å². The number of benzene rings is 1. The van der Waals surface area contributed by atoms with Crippen LogP contribution in [-0.2, 0) is 11.3 Å². The fourth-order valence-corrected chi connectivity index (χ4v) is 3.15. The summed E-state index contributed by atoms with van der Waals surface area (Å²) >= 11 is 0. The van der Waals surface area contributed by atoms with E-state index in [0.29, 0.717) is 26.3 Å². The quantitative estimate of drug-likeness (QED) is 0.579. The molecule has 2 aromatic heterocycles. The summed E-state index contributed by atoms with van der Waals surface area (Å²) in [6.07, 6.45) is 2.80. The van der Waals surface area contributed by atoms with Gasteiger partial charge < -0.3 is 20.1 Å². The summed E-state index contributed by atoms with van der Waals surface area (Å²) < 4.78 is 19.4. The van der Waals surface area contributed by atoms with Crippen molar-refractivity contribution in [1.29, 1.82) is 0 Å². The van der Waals surface area contributed by atoms with Gasteiger partial charge in [0.2, 0.25) is 0 Å². The predicted molar refractivity (Wildman–Crippen MR) is 114 cm³/mol. The van der Waals surface area contributed by atoms with E-state index in [0.717, 1.165) is 28.8 Å². The molecule has 3 heterocycles. The maximum absolute atomic E-state index is 14.1. The predicted octanol–water partition coefficient (Wildman–Crippen LogP) is 3.89. The largest absolute Gasteiger partial charge is 0.508 e. The number of rotatable bonds is 6. The second-order valence-electron chi connectivity index (χ2n) is 7.00. The summed E-state index contributed by atoms with van der Waals surface area (Å²) in [5.74, 6) is 0.00587. The number of pyridine rings is 1. The fraction of sp³-hybridized carbons (Fsp3) is 0.286. The minimum Gasteiger partial charge on any atom is -0.508 e. The summed E-state index contributed by atoms with van der Waals surface area (Å²) in [5.41, 5.74) is 3.23. The van der Waals surface area contributed by atoms with Gasteiger partial charge in [0, 0.05) is 24.8 Å². The molecule has 31 heavy (non-hydrogen) atoms. The molecule has 0 bridgehead atoms. The molecule has 0 spiro atoms. The lowest BCUT2D eigenvalue weighted by Gasteiger charge is -2.27. The van der Waals surface area contributed by atoms with Gasteiger partial charge in [0.1, 0.15) is 12.3 Å². The van der Waals surface area contributed by atoms with Gasteiger partial charge in [-0.2, -0.15) is 10.1 Å². The number of hydrogen-bond acceptors (Lipinski definition) is 9. The van der Waals surface area contributed by atoms with Crippen molar-refractivity contribution in [3.8, 4) is 5.75 Å². The molecular weight excluding hydrogens is 401 g/mol. The highest BCUT2D eigenvalue weighted by Crippen LogP contribution is 2.23. The monoisotopic (exact) mass is 423 g/mol. The lowest BCUT2D eigenvalue weighted by Crippen LogP contribution is -2.37. The van der Waals surface area contributed by atoms with Crippen LogP contribution in [0, 0.1) is 12.7 Å². The first-order chi connectivity index (χ1) is 15.1. The lowest BCUT2D eigenvalue weighted by atomic mass is 10.2. The number of anilines is 3. The second kappa shape index (κ2) is 9.43. The normalized spacial score (nSPS) is 14.2. The van der Waals surface area contributed by atoms with E-state index in [1.807, 2.05) is 24.0 Å². The molecule has 4 rings (SSSR count). The standard InChI is InChI=1S/C21H22FN7O2/c1-14-9-16(26-15-3-2-4-17(30)10-15)11-23-19(14)13-25-28-21-24-12-18(22)20(27-21)29-5-7-31-8-6-29/h2-4,9-12,26,30H,5-8,13H2,1H3/b28-25+. The highest BCUT2D eigenvalue weighted by molar-refractivity contribution is 5.61. The summed E-state index contributed by atoms with van der Waals surface area (Å²) in [4.78, 5) is 14.3. The molecular formula is C21H22FN7O2. The van der Waals surface area contributed by atoms with Gasteiger partial charge in [0.15, 0.2) is 11.6 Å². The molecule has 0 amide bonds. The molecule has 3 aromatic rings. The van der Waals surface area contributed by atoms with Crippen LogP contribution in [0.4, 0.5) is 27.5 Å². The zero-order chi connectivity index (χ0) is 21.6. The Morgan fingerprint density at radius 1 is 1.16 bits per heavy atom. The Balaban J connectivity index is 1.42. The molecule has 160 valence electrons. The van der Waals surface area contributed by atoms with Crippen molar-refractivity contribution in [2.75, 3.05) is 36.5 Å². The number of azo groups is 1. The van der Waals surface area contributed by atoms with Gasteiger partial charge >= 0.3 is 0 Å². The Kier molecular flexibility index (Phi) is 6.27.